The van der Waals surface area contributed by atoms with Crippen molar-refractivity contribution in [2.24, 2.45) is 0 Å². The van der Waals surface area contributed by atoms with E-state index in [1.807, 2.05) is 0 Å². The van der Waals surface area contributed by atoms with Crippen LogP contribution in [0, 0.1) is 11.3 Å². The number of benzene rings is 1. The van der Waals surface area contributed by atoms with E-state index in [4.69, 9.17) is 5.26 Å². The fraction of sp³-hybridized carbons (Fsp3) is 0.462. The van der Waals surface area contributed by atoms with E-state index in [9.17, 15) is 31.4 Å². The van der Waals surface area contributed by atoms with E-state index < -0.39 is 48.7 Å². The predicted molar refractivity (Wildman–Crippen MR) is 64.0 cm³/mol. The third-order valence-corrected chi connectivity index (χ3v) is 3.55. The first-order chi connectivity index (χ1) is 9.98. The van der Waals surface area contributed by atoms with Crippen LogP contribution in [-0.2, 0) is 6.18 Å². The molecule has 0 bridgehead atoms. The number of nitrogens with zero attached hydrogens (tertiary/aromatic N) is 2. The summed E-state index contributed by atoms with van der Waals surface area (Å²) in [6, 6.07) is 4.12. The minimum absolute atomic E-state index is 0.106. The lowest BCUT2D eigenvalue weighted by Crippen LogP contribution is -2.47. The lowest BCUT2D eigenvalue weighted by molar-refractivity contribution is -0.250. The molecule has 120 valence electrons. The molecule has 1 saturated heterocycles. The monoisotopic (exact) mass is 324 g/mol. The maximum atomic E-state index is 13.0. The van der Waals surface area contributed by atoms with E-state index in [1.165, 1.54) is 0 Å². The minimum Gasteiger partial charge on any atom is -0.379 e. The molecule has 1 fully saturated rings. The Hall–Kier alpha value is -1.95. The Kier molecular flexibility index (Phi) is 3.77. The van der Waals surface area contributed by atoms with Gasteiger partial charge < -0.3 is 10.0 Å². The average Bonchev–Trinajstić information content (AvgIpc) is 2.80. The molecule has 0 radical (unpaired) electrons. The van der Waals surface area contributed by atoms with Crippen LogP contribution in [0.1, 0.15) is 17.5 Å². The fourth-order valence-corrected chi connectivity index (χ4v) is 2.33. The maximum absolute atomic E-state index is 13.0. The van der Waals surface area contributed by atoms with Crippen molar-refractivity contribution in [2.45, 2.75) is 24.4 Å². The van der Waals surface area contributed by atoms with Crippen LogP contribution < -0.4 is 4.90 Å². The van der Waals surface area contributed by atoms with Crippen molar-refractivity contribution in [3.8, 4) is 6.07 Å². The van der Waals surface area contributed by atoms with Gasteiger partial charge in [-0.05, 0) is 18.2 Å². The van der Waals surface area contributed by atoms with Crippen LogP contribution >= 0.6 is 0 Å². The lowest BCUT2D eigenvalue weighted by atomic mass is 10.0. The molecule has 22 heavy (non-hydrogen) atoms. The zero-order valence-corrected chi connectivity index (χ0v) is 11.0. The fourth-order valence-electron chi connectivity index (χ4n) is 2.33. The Morgan fingerprint density at radius 3 is 2.27 bits per heavy atom. The predicted octanol–water partition coefficient (Wildman–Crippen LogP) is 3.08. The summed E-state index contributed by atoms with van der Waals surface area (Å²) in [4.78, 5) is 0.803. The largest absolute Gasteiger partial charge is 0.418 e. The standard InChI is InChI=1S/C13H10F6N2O/c14-12(15,16)9-2-1-8(6-20)5-10(9)21-4-3-11(22,7-21)13(17,18)19/h1-2,5,22H,3-4,7H2/t11-/m1/s1. The molecule has 1 aliphatic heterocycles. The van der Waals surface area contributed by atoms with Gasteiger partial charge in [0.2, 0.25) is 0 Å². The van der Waals surface area contributed by atoms with Gasteiger partial charge in [-0.2, -0.15) is 31.6 Å². The van der Waals surface area contributed by atoms with E-state index >= 15 is 0 Å². The van der Waals surface area contributed by atoms with Gasteiger partial charge in [-0.15, -0.1) is 0 Å². The summed E-state index contributed by atoms with van der Waals surface area (Å²) < 4.78 is 77.2. The van der Waals surface area contributed by atoms with Gasteiger partial charge in [0.25, 0.3) is 0 Å². The normalized spacial score (nSPS) is 22.7. The van der Waals surface area contributed by atoms with Crippen molar-refractivity contribution >= 4 is 5.69 Å². The first kappa shape index (κ1) is 16.4. The number of rotatable bonds is 1. The maximum Gasteiger partial charge on any atom is 0.418 e. The van der Waals surface area contributed by atoms with Gasteiger partial charge in [-0.3, -0.25) is 0 Å². The number of aliphatic hydroxyl groups is 1. The molecule has 1 atom stereocenters. The van der Waals surface area contributed by atoms with Gasteiger partial charge in [0.15, 0.2) is 5.60 Å². The topological polar surface area (TPSA) is 47.3 Å². The van der Waals surface area contributed by atoms with Crippen LogP contribution in [0.4, 0.5) is 32.0 Å². The molecule has 2 rings (SSSR count). The number of β-amino-alcohol motifs (C(OH)–C–C–N with tert-alkyl or cyclic N) is 1. The minimum atomic E-state index is -4.94. The molecule has 0 aliphatic carbocycles. The third-order valence-electron chi connectivity index (χ3n) is 3.55. The van der Waals surface area contributed by atoms with Crippen molar-refractivity contribution in [2.75, 3.05) is 18.0 Å². The summed E-state index contributed by atoms with van der Waals surface area (Å²) in [5.41, 5.74) is -4.84. The highest BCUT2D eigenvalue weighted by Gasteiger charge is 2.57. The quantitative estimate of drug-likeness (QED) is 0.808. The summed E-state index contributed by atoms with van der Waals surface area (Å²) in [5, 5.41) is 18.3. The number of alkyl halides is 6. The molecule has 1 heterocycles. The molecular weight excluding hydrogens is 314 g/mol. The zero-order valence-electron chi connectivity index (χ0n) is 11.0. The Balaban J connectivity index is 2.44. The average molecular weight is 324 g/mol. The molecular formula is C13H10F6N2O. The Morgan fingerprint density at radius 2 is 1.82 bits per heavy atom. The van der Waals surface area contributed by atoms with E-state index in [2.05, 4.69) is 0 Å². The molecule has 0 aromatic heterocycles. The highest BCUT2D eigenvalue weighted by Crippen LogP contribution is 2.43. The molecule has 0 amide bonds. The summed E-state index contributed by atoms with van der Waals surface area (Å²) in [7, 11) is 0. The Morgan fingerprint density at radius 1 is 1.18 bits per heavy atom. The molecule has 1 aromatic rings. The SMILES string of the molecule is N#Cc1ccc(C(F)(F)F)c(N2CC[C@](O)(C(F)(F)F)C2)c1. The zero-order chi connectivity index (χ0) is 16.8. The Bertz CT molecular complexity index is 618. The van der Waals surface area contributed by atoms with Gasteiger partial charge >= 0.3 is 12.4 Å². The van der Waals surface area contributed by atoms with Gasteiger partial charge in [-0.25, -0.2) is 0 Å². The summed E-state index contributed by atoms with van der Waals surface area (Å²) in [5.74, 6) is 0. The molecule has 0 unspecified atom stereocenters. The molecule has 0 spiro atoms. The first-order valence-corrected chi connectivity index (χ1v) is 6.13. The summed E-state index contributed by atoms with van der Waals surface area (Å²) in [6.07, 6.45) is -10.4. The highest BCUT2D eigenvalue weighted by atomic mass is 19.4. The lowest BCUT2D eigenvalue weighted by Gasteiger charge is -2.28. The van der Waals surface area contributed by atoms with Crippen molar-refractivity contribution in [1.82, 2.24) is 0 Å². The number of halogens is 6. The molecule has 0 saturated carbocycles. The third kappa shape index (κ3) is 2.83. The van der Waals surface area contributed by atoms with Gasteiger partial charge in [0, 0.05) is 13.0 Å². The second-order valence-electron chi connectivity index (χ2n) is 5.04. The van der Waals surface area contributed by atoms with Crippen LogP contribution in [0.15, 0.2) is 18.2 Å². The summed E-state index contributed by atoms with van der Waals surface area (Å²) in [6.45, 7) is -1.40. The second kappa shape index (κ2) is 5.05. The Labute approximate surface area is 121 Å². The molecule has 1 aliphatic rings. The van der Waals surface area contributed by atoms with E-state index in [0.717, 1.165) is 17.0 Å². The van der Waals surface area contributed by atoms with Crippen LogP contribution in [-0.4, -0.2) is 30.0 Å². The van der Waals surface area contributed by atoms with Crippen LogP contribution in [0.3, 0.4) is 0 Å². The van der Waals surface area contributed by atoms with Crippen LogP contribution in [0.2, 0.25) is 0 Å². The van der Waals surface area contributed by atoms with Gasteiger partial charge in [-0.1, -0.05) is 0 Å². The smallest absolute Gasteiger partial charge is 0.379 e. The van der Waals surface area contributed by atoms with Crippen LogP contribution in [0.5, 0.6) is 0 Å². The second-order valence-corrected chi connectivity index (χ2v) is 5.04. The van der Waals surface area contributed by atoms with Crippen LogP contribution in [0.25, 0.3) is 0 Å². The van der Waals surface area contributed by atoms with Crippen molar-refractivity contribution in [3.05, 3.63) is 29.3 Å². The number of nitriles is 1. The number of hydrogen-bond acceptors (Lipinski definition) is 3. The molecule has 3 nitrogen and oxygen atoms in total. The molecule has 9 heteroatoms. The molecule has 1 aromatic carbocycles. The van der Waals surface area contributed by atoms with Gasteiger partial charge in [0.1, 0.15) is 0 Å². The van der Waals surface area contributed by atoms with E-state index in [1.54, 1.807) is 6.07 Å². The first-order valence-electron chi connectivity index (χ1n) is 6.13. The highest BCUT2D eigenvalue weighted by molar-refractivity contribution is 5.60. The van der Waals surface area contributed by atoms with E-state index in [0.29, 0.717) is 6.07 Å². The van der Waals surface area contributed by atoms with Crippen molar-refractivity contribution in [3.63, 3.8) is 0 Å². The van der Waals surface area contributed by atoms with Crippen molar-refractivity contribution < 1.29 is 31.4 Å². The molecule has 1 N–H and O–H groups in total. The van der Waals surface area contributed by atoms with E-state index in [-0.39, 0.29) is 5.56 Å². The van der Waals surface area contributed by atoms with Crippen molar-refractivity contribution in [1.29, 1.82) is 5.26 Å². The number of anilines is 1. The van der Waals surface area contributed by atoms with Gasteiger partial charge in [0.05, 0.1) is 29.4 Å². The number of hydrogen-bond donors (Lipinski definition) is 1. The summed E-state index contributed by atoms with van der Waals surface area (Å²) >= 11 is 0.